The van der Waals surface area contributed by atoms with Crippen LogP contribution in [0, 0.1) is 0 Å². The summed E-state index contributed by atoms with van der Waals surface area (Å²) in [7, 11) is 0. The van der Waals surface area contributed by atoms with E-state index in [0.717, 1.165) is 5.56 Å². The Hall–Kier alpha value is -1.79. The van der Waals surface area contributed by atoms with Crippen molar-refractivity contribution in [1.29, 1.82) is 0 Å². The van der Waals surface area contributed by atoms with Gasteiger partial charge in [-0.2, -0.15) is 0 Å². The molecule has 1 amide bonds. The van der Waals surface area contributed by atoms with Crippen molar-refractivity contribution in [2.45, 2.75) is 19.6 Å². The number of aromatic nitrogens is 2. The van der Waals surface area contributed by atoms with Gasteiger partial charge in [-0.3, -0.25) is 10.1 Å². The first kappa shape index (κ1) is 12.7. The number of amides is 1. The van der Waals surface area contributed by atoms with Gasteiger partial charge in [0.2, 0.25) is 5.13 Å². The van der Waals surface area contributed by atoms with E-state index in [1.165, 1.54) is 11.3 Å². The Kier molecular flexibility index (Phi) is 4.38. The average Bonchev–Trinajstić information content (AvgIpc) is 2.90. The van der Waals surface area contributed by atoms with Gasteiger partial charge >= 0.3 is 0 Å². The third kappa shape index (κ3) is 3.61. The highest BCUT2D eigenvalue weighted by molar-refractivity contribution is 7.13. The molecule has 2 rings (SSSR count). The Morgan fingerprint density at radius 2 is 2.22 bits per heavy atom. The number of carbonyl (C=O) groups excluding carboxylic acids is 1. The largest absolute Gasteiger partial charge is 0.364 e. The number of hydrogen-bond acceptors (Lipinski definition) is 5. The minimum atomic E-state index is -0.533. The van der Waals surface area contributed by atoms with E-state index in [1.54, 1.807) is 12.4 Å². The maximum absolute atomic E-state index is 11.7. The Labute approximate surface area is 109 Å². The minimum absolute atomic E-state index is 0.220. The van der Waals surface area contributed by atoms with Crippen LogP contribution in [0.25, 0.3) is 0 Å². The SMILES string of the molecule is C[C@H](OCc1ccccc1)C(=O)Nc1nncs1. The third-order valence-corrected chi connectivity index (χ3v) is 2.91. The lowest BCUT2D eigenvalue weighted by Gasteiger charge is -2.11. The maximum Gasteiger partial charge on any atom is 0.255 e. The summed E-state index contributed by atoms with van der Waals surface area (Å²) in [4.78, 5) is 11.7. The molecule has 0 spiro atoms. The Bertz CT molecular complexity index is 487. The Morgan fingerprint density at radius 1 is 1.44 bits per heavy atom. The number of ether oxygens (including phenoxy) is 1. The molecule has 1 aromatic carbocycles. The molecule has 6 heteroatoms. The van der Waals surface area contributed by atoms with Crippen LogP contribution in [0.2, 0.25) is 0 Å². The Morgan fingerprint density at radius 3 is 2.89 bits per heavy atom. The van der Waals surface area contributed by atoms with E-state index in [4.69, 9.17) is 4.74 Å². The fourth-order valence-electron chi connectivity index (χ4n) is 1.31. The molecule has 0 bridgehead atoms. The van der Waals surface area contributed by atoms with E-state index in [-0.39, 0.29) is 5.91 Å². The lowest BCUT2D eigenvalue weighted by molar-refractivity contribution is -0.127. The zero-order valence-electron chi connectivity index (χ0n) is 9.87. The predicted molar refractivity (Wildman–Crippen MR) is 69.2 cm³/mol. The van der Waals surface area contributed by atoms with E-state index >= 15 is 0 Å². The van der Waals surface area contributed by atoms with Crippen molar-refractivity contribution in [3.63, 3.8) is 0 Å². The second kappa shape index (κ2) is 6.23. The first-order valence-electron chi connectivity index (χ1n) is 5.48. The van der Waals surface area contributed by atoms with Gasteiger partial charge in [0, 0.05) is 0 Å². The predicted octanol–water partition coefficient (Wildman–Crippen LogP) is 2.08. The van der Waals surface area contributed by atoms with Crippen LogP contribution in [0.1, 0.15) is 12.5 Å². The number of hydrogen-bond donors (Lipinski definition) is 1. The number of rotatable bonds is 5. The molecule has 0 unspecified atom stereocenters. The Balaban J connectivity index is 1.81. The molecule has 0 saturated carbocycles. The van der Waals surface area contributed by atoms with Gasteiger partial charge in [-0.1, -0.05) is 41.7 Å². The lowest BCUT2D eigenvalue weighted by atomic mass is 10.2. The molecule has 0 aliphatic carbocycles. The van der Waals surface area contributed by atoms with Gasteiger partial charge in [-0.15, -0.1) is 10.2 Å². The van der Waals surface area contributed by atoms with Crippen LogP contribution < -0.4 is 5.32 Å². The second-order valence-corrected chi connectivity index (χ2v) is 4.51. The van der Waals surface area contributed by atoms with Gasteiger partial charge in [0.25, 0.3) is 5.91 Å². The molecule has 0 radical (unpaired) electrons. The first-order chi connectivity index (χ1) is 8.75. The third-order valence-electron chi connectivity index (χ3n) is 2.30. The van der Waals surface area contributed by atoms with Gasteiger partial charge in [0.1, 0.15) is 11.6 Å². The van der Waals surface area contributed by atoms with E-state index in [0.29, 0.717) is 11.7 Å². The maximum atomic E-state index is 11.7. The highest BCUT2D eigenvalue weighted by atomic mass is 32.1. The highest BCUT2D eigenvalue weighted by Crippen LogP contribution is 2.10. The van der Waals surface area contributed by atoms with Crippen molar-refractivity contribution in [3.05, 3.63) is 41.4 Å². The molecule has 0 aliphatic rings. The molecule has 5 nitrogen and oxygen atoms in total. The molecule has 0 saturated heterocycles. The smallest absolute Gasteiger partial charge is 0.255 e. The molecular formula is C12H13N3O2S. The fraction of sp³-hybridized carbons (Fsp3) is 0.250. The molecule has 1 atom stereocenters. The van der Waals surface area contributed by atoms with Crippen molar-refractivity contribution in [2.24, 2.45) is 0 Å². The monoisotopic (exact) mass is 263 g/mol. The minimum Gasteiger partial charge on any atom is -0.364 e. The van der Waals surface area contributed by atoms with Crippen molar-refractivity contribution in [2.75, 3.05) is 5.32 Å². The van der Waals surface area contributed by atoms with Crippen LogP contribution in [-0.2, 0) is 16.1 Å². The number of benzene rings is 1. The zero-order valence-corrected chi connectivity index (χ0v) is 10.7. The summed E-state index contributed by atoms with van der Waals surface area (Å²) in [5, 5.41) is 10.5. The summed E-state index contributed by atoms with van der Waals surface area (Å²) in [6.07, 6.45) is -0.533. The normalized spacial score (nSPS) is 12.1. The van der Waals surface area contributed by atoms with E-state index in [1.807, 2.05) is 30.3 Å². The van der Waals surface area contributed by atoms with Gasteiger partial charge in [0.15, 0.2) is 0 Å². The van der Waals surface area contributed by atoms with E-state index < -0.39 is 6.10 Å². The molecule has 18 heavy (non-hydrogen) atoms. The number of nitrogens with zero attached hydrogens (tertiary/aromatic N) is 2. The van der Waals surface area contributed by atoms with E-state index in [9.17, 15) is 4.79 Å². The summed E-state index contributed by atoms with van der Waals surface area (Å²) in [5.41, 5.74) is 2.60. The van der Waals surface area contributed by atoms with Crippen LogP contribution in [-0.4, -0.2) is 22.2 Å². The quantitative estimate of drug-likeness (QED) is 0.897. The molecule has 94 valence electrons. The van der Waals surface area contributed by atoms with Gasteiger partial charge in [-0.25, -0.2) is 0 Å². The van der Waals surface area contributed by atoms with Crippen molar-refractivity contribution >= 4 is 22.4 Å². The molecule has 0 fully saturated rings. The van der Waals surface area contributed by atoms with Crippen LogP contribution in [0.15, 0.2) is 35.8 Å². The summed E-state index contributed by atoms with van der Waals surface area (Å²) in [6.45, 7) is 2.12. The van der Waals surface area contributed by atoms with Crippen molar-refractivity contribution < 1.29 is 9.53 Å². The summed E-state index contributed by atoms with van der Waals surface area (Å²) >= 11 is 1.27. The average molecular weight is 263 g/mol. The fourth-order valence-corrected chi connectivity index (χ4v) is 1.75. The van der Waals surface area contributed by atoms with Gasteiger partial charge in [-0.05, 0) is 12.5 Å². The standard InChI is InChI=1S/C12H13N3O2S/c1-9(11(16)14-12-15-13-8-18-12)17-7-10-5-3-2-4-6-10/h2-6,8-9H,7H2,1H3,(H,14,15,16)/t9-/m0/s1. The lowest BCUT2D eigenvalue weighted by Crippen LogP contribution is -2.27. The summed E-state index contributed by atoms with van der Waals surface area (Å²) < 4.78 is 5.48. The first-order valence-corrected chi connectivity index (χ1v) is 6.36. The second-order valence-electron chi connectivity index (χ2n) is 3.67. The van der Waals surface area contributed by atoms with Gasteiger partial charge in [0.05, 0.1) is 6.61 Å². The van der Waals surface area contributed by atoms with Crippen LogP contribution in [0.5, 0.6) is 0 Å². The van der Waals surface area contributed by atoms with Crippen LogP contribution in [0.3, 0.4) is 0 Å². The van der Waals surface area contributed by atoms with Crippen molar-refractivity contribution in [3.8, 4) is 0 Å². The molecule has 1 N–H and O–H groups in total. The van der Waals surface area contributed by atoms with Crippen molar-refractivity contribution in [1.82, 2.24) is 10.2 Å². The zero-order chi connectivity index (χ0) is 12.8. The molecule has 1 heterocycles. The van der Waals surface area contributed by atoms with Crippen LogP contribution in [0.4, 0.5) is 5.13 Å². The van der Waals surface area contributed by atoms with Gasteiger partial charge < -0.3 is 4.74 Å². The highest BCUT2D eigenvalue weighted by Gasteiger charge is 2.14. The number of anilines is 1. The number of nitrogens with one attached hydrogen (secondary N) is 1. The topological polar surface area (TPSA) is 64.1 Å². The number of carbonyl (C=O) groups is 1. The van der Waals surface area contributed by atoms with E-state index in [2.05, 4.69) is 15.5 Å². The molecule has 2 aromatic rings. The molecule has 1 aromatic heterocycles. The molecular weight excluding hydrogens is 250 g/mol. The van der Waals surface area contributed by atoms with Crippen LogP contribution >= 0.6 is 11.3 Å². The summed E-state index contributed by atoms with van der Waals surface area (Å²) in [6, 6.07) is 9.72. The molecule has 0 aliphatic heterocycles. The summed E-state index contributed by atoms with van der Waals surface area (Å²) in [5.74, 6) is -0.220.